The molecule has 1 saturated heterocycles. The van der Waals surface area contributed by atoms with E-state index in [0.29, 0.717) is 45.0 Å². The van der Waals surface area contributed by atoms with Crippen molar-refractivity contribution in [3.63, 3.8) is 0 Å². The van der Waals surface area contributed by atoms with Crippen molar-refractivity contribution in [2.75, 3.05) is 38.1 Å². The van der Waals surface area contributed by atoms with Crippen molar-refractivity contribution in [3.8, 4) is 11.8 Å². The number of urea groups is 1. The number of nitro groups is 1. The van der Waals surface area contributed by atoms with Crippen LogP contribution in [0.5, 0.6) is 11.8 Å². The zero-order valence-electron chi connectivity index (χ0n) is 18.0. The Balaban J connectivity index is 1.26. The standard InChI is InChI=1S/C20H23F3N6O5/c21-20(22,23)34-16-3-1-14(2-4-16)24-18(30)27-7-5-15(6-8-27)26-9-10-28-13-17(29(31)32)25-19(28)33-12-11-26/h1-4,13,15H,5-12H2,(H,24,30). The number of halogens is 3. The van der Waals surface area contributed by atoms with Gasteiger partial charge in [0.15, 0.2) is 0 Å². The van der Waals surface area contributed by atoms with Gasteiger partial charge in [-0.25, -0.2) is 4.79 Å². The van der Waals surface area contributed by atoms with E-state index in [0.717, 1.165) is 25.0 Å². The molecule has 2 aliphatic heterocycles. The average Bonchev–Trinajstić information content (AvgIpc) is 3.17. The molecule has 0 saturated carbocycles. The summed E-state index contributed by atoms with van der Waals surface area (Å²) >= 11 is 0. The molecule has 34 heavy (non-hydrogen) atoms. The fourth-order valence-electron chi connectivity index (χ4n) is 4.09. The molecule has 11 nitrogen and oxygen atoms in total. The van der Waals surface area contributed by atoms with Crippen LogP contribution in [0.3, 0.4) is 0 Å². The average molecular weight is 484 g/mol. The van der Waals surface area contributed by atoms with Crippen molar-refractivity contribution < 1.29 is 32.4 Å². The van der Waals surface area contributed by atoms with Gasteiger partial charge in [0, 0.05) is 49.4 Å². The zero-order valence-corrected chi connectivity index (χ0v) is 18.0. The zero-order chi connectivity index (χ0) is 24.3. The molecule has 3 heterocycles. The lowest BCUT2D eigenvalue weighted by Gasteiger charge is -2.39. The predicted octanol–water partition coefficient (Wildman–Crippen LogP) is 3.08. The van der Waals surface area contributed by atoms with Gasteiger partial charge in [0.25, 0.3) is 0 Å². The fourth-order valence-corrected chi connectivity index (χ4v) is 4.09. The molecule has 1 fully saturated rings. The highest BCUT2D eigenvalue weighted by Gasteiger charge is 2.31. The molecule has 1 N–H and O–H groups in total. The third kappa shape index (κ3) is 5.87. The number of rotatable bonds is 4. The molecule has 2 aliphatic rings. The number of amides is 2. The Labute approximate surface area is 192 Å². The van der Waals surface area contributed by atoms with E-state index in [1.54, 1.807) is 9.47 Å². The summed E-state index contributed by atoms with van der Waals surface area (Å²) < 4.78 is 47.8. The molecule has 14 heteroatoms. The van der Waals surface area contributed by atoms with Crippen molar-refractivity contribution >= 4 is 17.5 Å². The van der Waals surface area contributed by atoms with Crippen molar-refractivity contribution in [1.82, 2.24) is 19.4 Å². The van der Waals surface area contributed by atoms with Crippen molar-refractivity contribution in [1.29, 1.82) is 0 Å². The van der Waals surface area contributed by atoms with Crippen LogP contribution < -0.4 is 14.8 Å². The van der Waals surface area contributed by atoms with Gasteiger partial charge in [-0.2, -0.15) is 0 Å². The number of ether oxygens (including phenoxy) is 2. The summed E-state index contributed by atoms with van der Waals surface area (Å²) in [7, 11) is 0. The summed E-state index contributed by atoms with van der Waals surface area (Å²) in [4.78, 5) is 30.8. The lowest BCUT2D eigenvalue weighted by molar-refractivity contribution is -0.389. The second kappa shape index (κ2) is 9.75. The normalized spacial score (nSPS) is 17.8. The van der Waals surface area contributed by atoms with Crippen LogP contribution in [-0.4, -0.2) is 75.5 Å². The molecular formula is C20H23F3N6O5. The molecule has 0 radical (unpaired) electrons. The molecule has 2 amide bonds. The first-order valence-electron chi connectivity index (χ1n) is 10.7. The number of anilines is 1. The second-order valence-electron chi connectivity index (χ2n) is 7.94. The Hall–Kier alpha value is -3.55. The van der Waals surface area contributed by atoms with Crippen LogP contribution in [0.1, 0.15) is 12.8 Å². The van der Waals surface area contributed by atoms with Crippen molar-refractivity contribution in [3.05, 3.63) is 40.6 Å². The van der Waals surface area contributed by atoms with Crippen LogP contribution in [-0.2, 0) is 6.54 Å². The number of hydrogen-bond donors (Lipinski definition) is 1. The molecule has 184 valence electrons. The van der Waals surface area contributed by atoms with Gasteiger partial charge in [-0.1, -0.05) is 0 Å². The van der Waals surface area contributed by atoms with Gasteiger partial charge < -0.3 is 29.8 Å². The Morgan fingerprint density at radius 3 is 2.50 bits per heavy atom. The highest BCUT2D eigenvalue weighted by molar-refractivity contribution is 5.89. The third-order valence-electron chi connectivity index (χ3n) is 5.76. The summed E-state index contributed by atoms with van der Waals surface area (Å²) in [5, 5.41) is 13.6. The summed E-state index contributed by atoms with van der Waals surface area (Å²) in [6.07, 6.45) is -1.92. The molecule has 4 rings (SSSR count). The van der Waals surface area contributed by atoms with Crippen LogP contribution in [0.25, 0.3) is 0 Å². The fraction of sp³-hybridized carbons (Fsp3) is 0.500. The first-order valence-corrected chi connectivity index (χ1v) is 10.7. The minimum absolute atomic E-state index is 0.228. The van der Waals surface area contributed by atoms with Crippen molar-refractivity contribution in [2.24, 2.45) is 0 Å². The maximum Gasteiger partial charge on any atom is 0.573 e. The van der Waals surface area contributed by atoms with Crippen LogP contribution in [0.4, 0.5) is 29.5 Å². The number of likely N-dealkylation sites (tertiary alicyclic amines) is 1. The van der Waals surface area contributed by atoms with E-state index in [1.807, 2.05) is 0 Å². The number of nitrogens with one attached hydrogen (secondary N) is 1. The minimum Gasteiger partial charge on any atom is -0.444 e. The number of piperidine rings is 1. The highest BCUT2D eigenvalue weighted by Crippen LogP contribution is 2.25. The number of hydrogen-bond acceptors (Lipinski definition) is 7. The Morgan fingerprint density at radius 2 is 1.85 bits per heavy atom. The second-order valence-corrected chi connectivity index (χ2v) is 7.94. The molecule has 0 bridgehead atoms. The summed E-state index contributed by atoms with van der Waals surface area (Å²) in [6, 6.07) is 5.12. The van der Waals surface area contributed by atoms with E-state index in [4.69, 9.17) is 4.74 Å². The first kappa shape index (κ1) is 23.6. The summed E-state index contributed by atoms with van der Waals surface area (Å²) in [5.74, 6) is -0.605. The summed E-state index contributed by atoms with van der Waals surface area (Å²) in [6.45, 7) is 3.21. The number of carbonyl (C=O) groups excluding carboxylic acids is 1. The van der Waals surface area contributed by atoms with Crippen LogP contribution >= 0.6 is 0 Å². The number of benzene rings is 1. The van der Waals surface area contributed by atoms with Crippen LogP contribution in [0.15, 0.2) is 30.5 Å². The number of aromatic nitrogens is 2. The molecule has 0 spiro atoms. The van der Waals surface area contributed by atoms with E-state index in [2.05, 4.69) is 19.9 Å². The lowest BCUT2D eigenvalue weighted by Crippen LogP contribution is -2.49. The van der Waals surface area contributed by atoms with Gasteiger partial charge in [0.2, 0.25) is 0 Å². The molecule has 2 aromatic rings. The highest BCUT2D eigenvalue weighted by atomic mass is 19.4. The Bertz CT molecular complexity index is 1020. The summed E-state index contributed by atoms with van der Waals surface area (Å²) in [5.41, 5.74) is 0.368. The maximum absolute atomic E-state index is 12.6. The number of nitrogens with zero attached hydrogens (tertiary/aromatic N) is 5. The van der Waals surface area contributed by atoms with Gasteiger partial charge >= 0.3 is 24.2 Å². The van der Waals surface area contributed by atoms with Gasteiger partial charge in [-0.05, 0) is 42.0 Å². The quantitative estimate of drug-likeness (QED) is 0.524. The topological polar surface area (TPSA) is 115 Å². The predicted molar refractivity (Wildman–Crippen MR) is 113 cm³/mol. The lowest BCUT2D eigenvalue weighted by atomic mass is 10.0. The number of carbonyl (C=O) groups is 1. The minimum atomic E-state index is -4.77. The molecule has 0 unspecified atom stereocenters. The van der Waals surface area contributed by atoms with Gasteiger partial charge in [0.05, 0.1) is 0 Å². The Morgan fingerprint density at radius 1 is 1.15 bits per heavy atom. The number of alkyl halides is 3. The molecule has 0 aliphatic carbocycles. The smallest absolute Gasteiger partial charge is 0.444 e. The van der Waals surface area contributed by atoms with Crippen molar-refractivity contribution in [2.45, 2.75) is 31.8 Å². The van der Waals surface area contributed by atoms with Crippen LogP contribution in [0, 0.1) is 10.1 Å². The Kier molecular flexibility index (Phi) is 6.77. The van der Waals surface area contributed by atoms with Crippen LogP contribution in [0.2, 0.25) is 0 Å². The first-order chi connectivity index (χ1) is 16.2. The van der Waals surface area contributed by atoms with E-state index in [-0.39, 0.29) is 29.7 Å². The maximum atomic E-state index is 12.6. The largest absolute Gasteiger partial charge is 0.573 e. The molecule has 1 aromatic heterocycles. The molecule has 0 atom stereocenters. The van der Waals surface area contributed by atoms with E-state index >= 15 is 0 Å². The number of fused-ring (bicyclic) bond motifs is 1. The molecular weight excluding hydrogens is 461 g/mol. The number of imidazole rings is 1. The van der Waals surface area contributed by atoms with E-state index < -0.39 is 11.3 Å². The van der Waals surface area contributed by atoms with Gasteiger partial charge in [-0.3, -0.25) is 9.47 Å². The third-order valence-corrected chi connectivity index (χ3v) is 5.76. The van der Waals surface area contributed by atoms with Gasteiger partial charge in [-0.15, -0.1) is 13.2 Å². The van der Waals surface area contributed by atoms with E-state index in [9.17, 15) is 28.1 Å². The van der Waals surface area contributed by atoms with Gasteiger partial charge in [0.1, 0.15) is 18.6 Å². The monoisotopic (exact) mass is 484 g/mol. The molecule has 1 aromatic carbocycles. The van der Waals surface area contributed by atoms with E-state index in [1.165, 1.54) is 18.3 Å². The SMILES string of the molecule is O=C(Nc1ccc(OC(F)(F)F)cc1)N1CCC(N2CCOc3nc([N+](=O)[O-])cn3CC2)CC1.